The Morgan fingerprint density at radius 3 is 2.47 bits per heavy atom. The van der Waals surface area contributed by atoms with Crippen LogP contribution >= 0.6 is 0 Å². The van der Waals surface area contributed by atoms with Crippen LogP contribution in [-0.2, 0) is 0 Å². The molecule has 2 heteroatoms. The molecular weight excluding hydrogens is 186 g/mol. The molecule has 0 aliphatic heterocycles. The van der Waals surface area contributed by atoms with Gasteiger partial charge in [0.2, 0.25) is 0 Å². The molecule has 2 nitrogen and oxygen atoms in total. The van der Waals surface area contributed by atoms with Gasteiger partial charge < -0.3 is 10.4 Å². The van der Waals surface area contributed by atoms with Gasteiger partial charge >= 0.3 is 0 Å². The first-order valence-corrected chi connectivity index (χ1v) is 5.69. The van der Waals surface area contributed by atoms with Crippen LogP contribution in [0.15, 0.2) is 30.3 Å². The van der Waals surface area contributed by atoms with E-state index in [0.717, 1.165) is 12.8 Å². The highest BCUT2D eigenvalue weighted by Gasteiger charge is 2.12. The van der Waals surface area contributed by atoms with Gasteiger partial charge in [-0.3, -0.25) is 0 Å². The molecule has 2 unspecified atom stereocenters. The van der Waals surface area contributed by atoms with Crippen molar-refractivity contribution >= 4 is 0 Å². The SMILES string of the molecule is CCCC(NC(C)CO)c1ccccc1. The molecule has 0 spiro atoms. The van der Waals surface area contributed by atoms with Crippen LogP contribution in [0.1, 0.15) is 38.3 Å². The van der Waals surface area contributed by atoms with Crippen molar-refractivity contribution in [1.29, 1.82) is 0 Å². The Balaban J connectivity index is 2.65. The van der Waals surface area contributed by atoms with Crippen LogP contribution < -0.4 is 5.32 Å². The van der Waals surface area contributed by atoms with E-state index in [1.807, 2.05) is 13.0 Å². The summed E-state index contributed by atoms with van der Waals surface area (Å²) in [5.74, 6) is 0. The van der Waals surface area contributed by atoms with Gasteiger partial charge in [0.25, 0.3) is 0 Å². The molecule has 1 aromatic rings. The number of hydrogen-bond donors (Lipinski definition) is 2. The third-order valence-electron chi connectivity index (χ3n) is 2.54. The summed E-state index contributed by atoms with van der Waals surface area (Å²) in [6, 6.07) is 10.9. The number of aliphatic hydroxyl groups is 1. The van der Waals surface area contributed by atoms with Crippen molar-refractivity contribution in [2.75, 3.05) is 6.61 Å². The van der Waals surface area contributed by atoms with Crippen molar-refractivity contribution in [3.05, 3.63) is 35.9 Å². The molecule has 0 bridgehead atoms. The van der Waals surface area contributed by atoms with Gasteiger partial charge in [0.05, 0.1) is 6.61 Å². The molecule has 0 aliphatic carbocycles. The Kier molecular flexibility index (Phi) is 5.37. The van der Waals surface area contributed by atoms with Crippen molar-refractivity contribution in [2.45, 2.75) is 38.8 Å². The maximum absolute atomic E-state index is 9.04. The molecule has 0 aromatic heterocycles. The number of benzene rings is 1. The Labute approximate surface area is 92.3 Å². The molecule has 0 saturated heterocycles. The maximum Gasteiger partial charge on any atom is 0.0582 e. The minimum Gasteiger partial charge on any atom is -0.395 e. The highest BCUT2D eigenvalue weighted by molar-refractivity contribution is 5.18. The summed E-state index contributed by atoms with van der Waals surface area (Å²) in [5, 5.41) is 12.5. The van der Waals surface area contributed by atoms with Gasteiger partial charge in [-0.15, -0.1) is 0 Å². The predicted octanol–water partition coefficient (Wildman–Crippen LogP) is 2.50. The van der Waals surface area contributed by atoms with E-state index in [9.17, 15) is 0 Å². The van der Waals surface area contributed by atoms with Crippen LogP contribution in [0.3, 0.4) is 0 Å². The van der Waals surface area contributed by atoms with E-state index >= 15 is 0 Å². The fourth-order valence-corrected chi connectivity index (χ4v) is 1.72. The van der Waals surface area contributed by atoms with E-state index in [-0.39, 0.29) is 12.6 Å². The zero-order chi connectivity index (χ0) is 11.1. The van der Waals surface area contributed by atoms with Crippen LogP contribution in [0.2, 0.25) is 0 Å². The number of nitrogens with one attached hydrogen (secondary N) is 1. The van der Waals surface area contributed by atoms with E-state index in [1.54, 1.807) is 0 Å². The topological polar surface area (TPSA) is 32.3 Å². The van der Waals surface area contributed by atoms with Crippen LogP contribution in [0, 0.1) is 0 Å². The predicted molar refractivity (Wildman–Crippen MR) is 63.8 cm³/mol. The van der Waals surface area contributed by atoms with Gasteiger partial charge in [-0.25, -0.2) is 0 Å². The molecule has 0 saturated carbocycles. The molecule has 2 N–H and O–H groups in total. The molecule has 0 fully saturated rings. The molecule has 15 heavy (non-hydrogen) atoms. The first kappa shape index (κ1) is 12.2. The summed E-state index contributed by atoms with van der Waals surface area (Å²) in [5.41, 5.74) is 1.31. The lowest BCUT2D eigenvalue weighted by atomic mass is 10.0. The summed E-state index contributed by atoms with van der Waals surface area (Å²) < 4.78 is 0. The van der Waals surface area contributed by atoms with Gasteiger partial charge in [-0.05, 0) is 18.9 Å². The van der Waals surface area contributed by atoms with Crippen molar-refractivity contribution < 1.29 is 5.11 Å². The summed E-state index contributed by atoms with van der Waals surface area (Å²) in [4.78, 5) is 0. The summed E-state index contributed by atoms with van der Waals surface area (Å²) in [7, 11) is 0. The van der Waals surface area contributed by atoms with Gasteiger partial charge in [0.1, 0.15) is 0 Å². The quantitative estimate of drug-likeness (QED) is 0.751. The number of hydrogen-bond acceptors (Lipinski definition) is 2. The van der Waals surface area contributed by atoms with Gasteiger partial charge in [0.15, 0.2) is 0 Å². The van der Waals surface area contributed by atoms with Gasteiger partial charge in [-0.2, -0.15) is 0 Å². The first-order chi connectivity index (χ1) is 7.27. The second kappa shape index (κ2) is 6.59. The monoisotopic (exact) mass is 207 g/mol. The Hall–Kier alpha value is -0.860. The molecule has 0 amide bonds. The molecule has 0 aliphatic rings. The minimum atomic E-state index is 0.154. The molecule has 0 radical (unpaired) electrons. The van der Waals surface area contributed by atoms with Crippen LogP contribution in [0.4, 0.5) is 0 Å². The van der Waals surface area contributed by atoms with E-state index in [1.165, 1.54) is 5.56 Å². The lowest BCUT2D eigenvalue weighted by Crippen LogP contribution is -2.33. The highest BCUT2D eigenvalue weighted by Crippen LogP contribution is 2.18. The fraction of sp³-hybridized carbons (Fsp3) is 0.538. The number of aliphatic hydroxyl groups excluding tert-OH is 1. The molecule has 2 atom stereocenters. The van der Waals surface area contributed by atoms with Crippen molar-refractivity contribution in [3.63, 3.8) is 0 Å². The average Bonchev–Trinajstić information content (AvgIpc) is 2.29. The Bertz CT molecular complexity index is 260. The van der Waals surface area contributed by atoms with Crippen LogP contribution in [-0.4, -0.2) is 17.8 Å². The smallest absolute Gasteiger partial charge is 0.0582 e. The van der Waals surface area contributed by atoms with E-state index in [4.69, 9.17) is 5.11 Å². The first-order valence-electron chi connectivity index (χ1n) is 5.69. The molecule has 1 aromatic carbocycles. The van der Waals surface area contributed by atoms with Crippen LogP contribution in [0.5, 0.6) is 0 Å². The summed E-state index contributed by atoms with van der Waals surface area (Å²) in [6.45, 7) is 4.37. The standard InChI is InChI=1S/C13H21NO/c1-3-7-13(14-11(2)10-15)12-8-5-4-6-9-12/h4-6,8-9,11,13-15H,3,7,10H2,1-2H3. The molecule has 1 rings (SSSR count). The highest BCUT2D eigenvalue weighted by atomic mass is 16.3. The lowest BCUT2D eigenvalue weighted by Gasteiger charge is -2.22. The van der Waals surface area contributed by atoms with Gasteiger partial charge in [0, 0.05) is 12.1 Å². The zero-order valence-corrected chi connectivity index (χ0v) is 9.61. The molecule has 84 valence electrons. The van der Waals surface area contributed by atoms with E-state index in [0.29, 0.717) is 6.04 Å². The fourth-order valence-electron chi connectivity index (χ4n) is 1.72. The van der Waals surface area contributed by atoms with Crippen molar-refractivity contribution in [3.8, 4) is 0 Å². The zero-order valence-electron chi connectivity index (χ0n) is 9.61. The lowest BCUT2D eigenvalue weighted by molar-refractivity contribution is 0.238. The van der Waals surface area contributed by atoms with E-state index in [2.05, 4.69) is 36.5 Å². The van der Waals surface area contributed by atoms with E-state index < -0.39 is 0 Å². The molecular formula is C13H21NO. The normalized spacial score (nSPS) is 14.9. The second-order valence-corrected chi connectivity index (χ2v) is 4.00. The maximum atomic E-state index is 9.04. The third kappa shape index (κ3) is 4.02. The number of rotatable bonds is 6. The average molecular weight is 207 g/mol. The minimum absolute atomic E-state index is 0.154. The summed E-state index contributed by atoms with van der Waals surface area (Å²) >= 11 is 0. The second-order valence-electron chi connectivity index (χ2n) is 4.00. The third-order valence-corrected chi connectivity index (χ3v) is 2.54. The molecule has 0 heterocycles. The summed E-state index contributed by atoms with van der Waals surface area (Å²) in [6.07, 6.45) is 2.25. The largest absolute Gasteiger partial charge is 0.395 e. The van der Waals surface area contributed by atoms with Crippen molar-refractivity contribution in [1.82, 2.24) is 5.32 Å². The van der Waals surface area contributed by atoms with Crippen LogP contribution in [0.25, 0.3) is 0 Å². The Morgan fingerprint density at radius 2 is 1.93 bits per heavy atom. The van der Waals surface area contributed by atoms with Crippen molar-refractivity contribution in [2.24, 2.45) is 0 Å². The Morgan fingerprint density at radius 1 is 1.27 bits per heavy atom. The van der Waals surface area contributed by atoms with Gasteiger partial charge in [-0.1, -0.05) is 43.7 Å².